The molecule has 2 aromatic rings. The van der Waals surface area contributed by atoms with Crippen LogP contribution in [0.5, 0.6) is 0 Å². The third-order valence-electron chi connectivity index (χ3n) is 2.51. The van der Waals surface area contributed by atoms with E-state index in [2.05, 4.69) is 34.6 Å². The minimum atomic E-state index is 0.590. The molecule has 1 fully saturated rings. The number of rotatable bonds is 2. The molecule has 1 atom stereocenters. The first-order chi connectivity index (χ1) is 6.93. The van der Waals surface area contributed by atoms with Crippen LogP contribution < -0.4 is 5.32 Å². The van der Waals surface area contributed by atoms with Crippen LogP contribution in [0.2, 0.25) is 0 Å². The molecule has 0 bridgehead atoms. The molecule has 1 aliphatic heterocycles. The SMILES string of the molecule is c1cn(-c2ccc([C@H]3CN3)cc2)cn1. The van der Waals surface area contributed by atoms with Crippen molar-refractivity contribution in [3.8, 4) is 5.69 Å². The summed E-state index contributed by atoms with van der Waals surface area (Å²) in [6, 6.07) is 9.17. The molecule has 1 saturated heterocycles. The molecule has 0 amide bonds. The molecule has 70 valence electrons. The fraction of sp³-hybridized carbons (Fsp3) is 0.182. The Morgan fingerprint density at radius 2 is 2.07 bits per heavy atom. The second-order valence-corrected chi connectivity index (χ2v) is 3.52. The van der Waals surface area contributed by atoms with Gasteiger partial charge in [0.15, 0.2) is 0 Å². The summed E-state index contributed by atoms with van der Waals surface area (Å²) in [5.74, 6) is 0. The summed E-state index contributed by atoms with van der Waals surface area (Å²) in [5, 5.41) is 3.29. The first-order valence-electron chi connectivity index (χ1n) is 4.75. The Bertz CT molecular complexity index is 412. The Kier molecular flexibility index (Phi) is 1.64. The van der Waals surface area contributed by atoms with Crippen LogP contribution in [-0.2, 0) is 0 Å². The molecule has 1 aromatic carbocycles. The van der Waals surface area contributed by atoms with Crippen molar-refractivity contribution in [1.82, 2.24) is 14.9 Å². The third kappa shape index (κ3) is 1.32. The highest BCUT2D eigenvalue weighted by atomic mass is 15.1. The average Bonchev–Trinajstić information content (AvgIpc) is 2.94. The summed E-state index contributed by atoms with van der Waals surface area (Å²) < 4.78 is 2.00. The number of nitrogens with zero attached hydrogens (tertiary/aromatic N) is 2. The zero-order valence-corrected chi connectivity index (χ0v) is 7.72. The van der Waals surface area contributed by atoms with E-state index in [0.717, 1.165) is 12.2 Å². The highest BCUT2D eigenvalue weighted by molar-refractivity contribution is 5.36. The van der Waals surface area contributed by atoms with Crippen molar-refractivity contribution in [2.45, 2.75) is 6.04 Å². The summed E-state index contributed by atoms with van der Waals surface area (Å²) in [7, 11) is 0. The van der Waals surface area contributed by atoms with E-state index in [1.165, 1.54) is 5.56 Å². The van der Waals surface area contributed by atoms with Gasteiger partial charge in [0.05, 0.1) is 6.33 Å². The lowest BCUT2D eigenvalue weighted by molar-refractivity contribution is 1.04. The topological polar surface area (TPSA) is 39.8 Å². The van der Waals surface area contributed by atoms with Gasteiger partial charge in [-0.2, -0.15) is 0 Å². The van der Waals surface area contributed by atoms with E-state index in [9.17, 15) is 0 Å². The number of hydrogen-bond acceptors (Lipinski definition) is 2. The first-order valence-corrected chi connectivity index (χ1v) is 4.75. The molecule has 1 aliphatic rings. The molecule has 0 spiro atoms. The van der Waals surface area contributed by atoms with E-state index < -0.39 is 0 Å². The van der Waals surface area contributed by atoms with Crippen molar-refractivity contribution >= 4 is 0 Å². The van der Waals surface area contributed by atoms with Gasteiger partial charge in [0, 0.05) is 30.7 Å². The Labute approximate surface area is 82.4 Å². The molecule has 14 heavy (non-hydrogen) atoms. The molecular formula is C11H11N3. The maximum Gasteiger partial charge on any atom is 0.0991 e. The summed E-state index contributed by atoms with van der Waals surface area (Å²) >= 11 is 0. The molecule has 1 N–H and O–H groups in total. The normalized spacial score (nSPS) is 19.6. The second kappa shape index (κ2) is 2.96. The van der Waals surface area contributed by atoms with Crippen LogP contribution in [0.3, 0.4) is 0 Å². The molecule has 2 heterocycles. The van der Waals surface area contributed by atoms with Gasteiger partial charge in [0.25, 0.3) is 0 Å². The van der Waals surface area contributed by atoms with Gasteiger partial charge in [-0.05, 0) is 17.7 Å². The van der Waals surface area contributed by atoms with Crippen LogP contribution in [0.15, 0.2) is 43.0 Å². The smallest absolute Gasteiger partial charge is 0.0991 e. The summed E-state index contributed by atoms with van der Waals surface area (Å²) in [6.45, 7) is 1.12. The van der Waals surface area contributed by atoms with Crippen LogP contribution in [0.25, 0.3) is 5.69 Å². The van der Waals surface area contributed by atoms with Crippen molar-refractivity contribution in [3.63, 3.8) is 0 Å². The van der Waals surface area contributed by atoms with Crippen molar-refractivity contribution in [1.29, 1.82) is 0 Å². The van der Waals surface area contributed by atoms with Crippen LogP contribution in [0, 0.1) is 0 Å². The lowest BCUT2D eigenvalue weighted by Gasteiger charge is -2.02. The van der Waals surface area contributed by atoms with Crippen LogP contribution >= 0.6 is 0 Å². The second-order valence-electron chi connectivity index (χ2n) is 3.52. The number of hydrogen-bond donors (Lipinski definition) is 1. The predicted octanol–water partition coefficient (Wildman–Crippen LogP) is 1.52. The van der Waals surface area contributed by atoms with Crippen molar-refractivity contribution in [3.05, 3.63) is 48.5 Å². The van der Waals surface area contributed by atoms with Crippen LogP contribution in [0.4, 0.5) is 0 Å². The number of imidazole rings is 1. The number of aromatic nitrogens is 2. The fourth-order valence-electron chi connectivity index (χ4n) is 1.59. The highest BCUT2D eigenvalue weighted by Gasteiger charge is 2.21. The molecule has 3 nitrogen and oxygen atoms in total. The van der Waals surface area contributed by atoms with E-state index in [0.29, 0.717) is 6.04 Å². The van der Waals surface area contributed by atoms with Crippen LogP contribution in [0.1, 0.15) is 11.6 Å². The fourth-order valence-corrected chi connectivity index (χ4v) is 1.59. The van der Waals surface area contributed by atoms with Gasteiger partial charge in [-0.25, -0.2) is 4.98 Å². The maximum atomic E-state index is 4.02. The predicted molar refractivity (Wildman–Crippen MR) is 54.3 cm³/mol. The highest BCUT2D eigenvalue weighted by Crippen LogP contribution is 2.22. The first kappa shape index (κ1) is 7.76. The van der Waals surface area contributed by atoms with Gasteiger partial charge in [-0.3, -0.25) is 0 Å². The third-order valence-corrected chi connectivity index (χ3v) is 2.51. The van der Waals surface area contributed by atoms with Gasteiger partial charge in [0.2, 0.25) is 0 Å². The molecular weight excluding hydrogens is 174 g/mol. The van der Waals surface area contributed by atoms with E-state index >= 15 is 0 Å². The van der Waals surface area contributed by atoms with Gasteiger partial charge in [0.1, 0.15) is 0 Å². The van der Waals surface area contributed by atoms with Gasteiger partial charge in [-0.1, -0.05) is 12.1 Å². The zero-order chi connectivity index (χ0) is 9.38. The van der Waals surface area contributed by atoms with Gasteiger partial charge in [-0.15, -0.1) is 0 Å². The molecule has 0 aliphatic carbocycles. The molecule has 0 saturated carbocycles. The monoisotopic (exact) mass is 185 g/mol. The molecule has 1 aromatic heterocycles. The van der Waals surface area contributed by atoms with E-state index in [-0.39, 0.29) is 0 Å². The minimum absolute atomic E-state index is 0.590. The standard InChI is InChI=1S/C11H11N3/c1-3-10(14-6-5-12-8-14)4-2-9(1)11-7-13-11/h1-6,8,11,13H,7H2/t11-/m1/s1. The Balaban J connectivity index is 1.93. The lowest BCUT2D eigenvalue weighted by Crippen LogP contribution is -1.90. The van der Waals surface area contributed by atoms with E-state index in [1.807, 2.05) is 17.1 Å². The molecule has 0 radical (unpaired) electrons. The number of nitrogens with one attached hydrogen (secondary N) is 1. The quantitative estimate of drug-likeness (QED) is 0.720. The Hall–Kier alpha value is -1.61. The number of benzene rings is 1. The van der Waals surface area contributed by atoms with E-state index in [4.69, 9.17) is 0 Å². The molecule has 3 rings (SSSR count). The average molecular weight is 185 g/mol. The summed E-state index contributed by atoms with van der Waals surface area (Å²) in [4.78, 5) is 4.02. The Morgan fingerprint density at radius 3 is 2.64 bits per heavy atom. The lowest BCUT2D eigenvalue weighted by atomic mass is 10.1. The zero-order valence-electron chi connectivity index (χ0n) is 7.72. The van der Waals surface area contributed by atoms with Gasteiger partial charge < -0.3 is 9.88 Å². The van der Waals surface area contributed by atoms with E-state index in [1.54, 1.807) is 6.20 Å². The Morgan fingerprint density at radius 1 is 1.29 bits per heavy atom. The largest absolute Gasteiger partial charge is 0.307 e. The minimum Gasteiger partial charge on any atom is -0.307 e. The van der Waals surface area contributed by atoms with Crippen LogP contribution in [-0.4, -0.2) is 16.1 Å². The van der Waals surface area contributed by atoms with Crippen molar-refractivity contribution < 1.29 is 0 Å². The summed E-state index contributed by atoms with van der Waals surface area (Å²) in [6.07, 6.45) is 5.55. The van der Waals surface area contributed by atoms with Crippen molar-refractivity contribution in [2.75, 3.05) is 6.54 Å². The van der Waals surface area contributed by atoms with Gasteiger partial charge >= 0.3 is 0 Å². The van der Waals surface area contributed by atoms with Crippen molar-refractivity contribution in [2.24, 2.45) is 0 Å². The molecule has 0 unspecified atom stereocenters. The molecule has 3 heteroatoms. The summed E-state index contributed by atoms with van der Waals surface area (Å²) in [5.41, 5.74) is 2.53. The maximum absolute atomic E-state index is 4.02.